The number of rotatable bonds is 23. The van der Waals surface area contributed by atoms with E-state index in [-0.39, 0.29) is 12.5 Å². The van der Waals surface area contributed by atoms with Crippen LogP contribution in [-0.2, 0) is 4.79 Å². The lowest BCUT2D eigenvalue weighted by molar-refractivity contribution is -0.123. The van der Waals surface area contributed by atoms with Crippen LogP contribution in [0.15, 0.2) is 36.5 Å². The van der Waals surface area contributed by atoms with E-state index in [1.807, 2.05) is 6.08 Å². The highest BCUT2D eigenvalue weighted by atomic mass is 16.3. The van der Waals surface area contributed by atoms with E-state index >= 15 is 0 Å². The van der Waals surface area contributed by atoms with Crippen molar-refractivity contribution in [3.8, 4) is 0 Å². The number of carbonyl (C=O) groups excluding carboxylic acids is 1. The average molecular weight is 464 g/mol. The molecular weight excluding hydrogens is 410 g/mol. The van der Waals surface area contributed by atoms with E-state index in [0.29, 0.717) is 6.42 Å². The van der Waals surface area contributed by atoms with E-state index in [1.165, 1.54) is 57.8 Å². The number of hydrogen-bond donors (Lipinski definition) is 3. The van der Waals surface area contributed by atoms with Gasteiger partial charge in [0.1, 0.15) is 0 Å². The number of aliphatic hydroxyl groups is 2. The van der Waals surface area contributed by atoms with Gasteiger partial charge < -0.3 is 15.5 Å². The molecule has 0 saturated heterocycles. The summed E-state index contributed by atoms with van der Waals surface area (Å²) in [6, 6.07) is -0.637. The summed E-state index contributed by atoms with van der Waals surface area (Å²) in [4.78, 5) is 12.1. The molecule has 4 nitrogen and oxygen atoms in total. The fourth-order valence-corrected chi connectivity index (χ4v) is 3.64. The van der Waals surface area contributed by atoms with E-state index in [0.717, 1.165) is 44.9 Å². The Labute approximate surface area is 204 Å². The van der Waals surface area contributed by atoms with Crippen LogP contribution in [0.1, 0.15) is 123 Å². The highest BCUT2D eigenvalue weighted by Gasteiger charge is 2.17. The third kappa shape index (κ3) is 22.2. The maximum Gasteiger partial charge on any atom is 0.220 e. The van der Waals surface area contributed by atoms with Crippen molar-refractivity contribution < 1.29 is 15.0 Å². The molecule has 3 N–H and O–H groups in total. The van der Waals surface area contributed by atoms with Crippen LogP contribution in [0.3, 0.4) is 0 Å². The van der Waals surface area contributed by atoms with Gasteiger partial charge in [0.15, 0.2) is 0 Å². The molecule has 2 atom stereocenters. The topological polar surface area (TPSA) is 69.6 Å². The van der Waals surface area contributed by atoms with E-state index in [9.17, 15) is 15.0 Å². The number of aliphatic hydroxyl groups excluding tert-OH is 2. The lowest BCUT2D eigenvalue weighted by atomic mass is 10.1. The maximum absolute atomic E-state index is 12.1. The minimum Gasteiger partial charge on any atom is -0.394 e. The van der Waals surface area contributed by atoms with Gasteiger partial charge in [0.25, 0.3) is 0 Å². The molecule has 0 fully saturated rings. The van der Waals surface area contributed by atoms with Crippen molar-refractivity contribution in [2.45, 2.75) is 135 Å². The Hall–Kier alpha value is -1.39. The lowest BCUT2D eigenvalue weighted by Crippen LogP contribution is -2.45. The molecule has 1 amide bonds. The van der Waals surface area contributed by atoms with Gasteiger partial charge in [-0.15, -0.1) is 0 Å². The summed E-state index contributed by atoms with van der Waals surface area (Å²) in [5.41, 5.74) is 0. The van der Waals surface area contributed by atoms with Crippen LogP contribution in [-0.4, -0.2) is 34.9 Å². The fourth-order valence-electron chi connectivity index (χ4n) is 3.64. The number of allylic oxidation sites excluding steroid dienone is 5. The standard InChI is InChI=1S/C29H53NO3/c1-3-5-7-9-11-13-15-17-19-21-23-25-29(33)30-27(26-31)28(32)24-22-20-18-16-14-12-10-8-6-4-2/h9,11,14,16,22,24,27-28,31-32H,3-8,10,12-13,15,17-21,23,25-26H2,1-2H3,(H,30,33)/b11-9-,16-14+,24-22+. The van der Waals surface area contributed by atoms with E-state index in [1.54, 1.807) is 6.08 Å². The third-order valence-corrected chi connectivity index (χ3v) is 5.85. The van der Waals surface area contributed by atoms with Crippen molar-refractivity contribution >= 4 is 5.91 Å². The lowest BCUT2D eigenvalue weighted by Gasteiger charge is -2.19. The SMILES string of the molecule is CCCC/C=C\CCCCCCCC(=O)NC(CO)C(O)/C=C/CC/C=C/CCCCCC. The number of hydrogen-bond acceptors (Lipinski definition) is 3. The first kappa shape index (κ1) is 31.6. The molecule has 0 bridgehead atoms. The average Bonchev–Trinajstić information content (AvgIpc) is 2.82. The zero-order valence-corrected chi connectivity index (χ0v) is 21.6. The molecule has 0 aliphatic rings. The van der Waals surface area contributed by atoms with Gasteiger partial charge in [0.05, 0.1) is 18.8 Å². The Bertz CT molecular complexity index is 513. The van der Waals surface area contributed by atoms with Gasteiger partial charge in [-0.1, -0.05) is 102 Å². The van der Waals surface area contributed by atoms with Gasteiger partial charge in [-0.25, -0.2) is 0 Å². The minimum atomic E-state index is -0.859. The second-order valence-electron chi connectivity index (χ2n) is 9.09. The molecule has 0 spiro atoms. The number of carbonyl (C=O) groups is 1. The van der Waals surface area contributed by atoms with Crippen molar-refractivity contribution in [1.82, 2.24) is 5.32 Å². The molecule has 0 aliphatic heterocycles. The molecule has 4 heteroatoms. The smallest absolute Gasteiger partial charge is 0.220 e. The van der Waals surface area contributed by atoms with Gasteiger partial charge in [0, 0.05) is 6.42 Å². The molecular formula is C29H53NO3. The Morgan fingerprint density at radius 1 is 0.697 bits per heavy atom. The highest BCUT2D eigenvalue weighted by Crippen LogP contribution is 2.09. The predicted molar refractivity (Wildman–Crippen MR) is 142 cm³/mol. The number of amides is 1. The van der Waals surface area contributed by atoms with Crippen LogP contribution < -0.4 is 5.32 Å². The molecule has 192 valence electrons. The van der Waals surface area contributed by atoms with Crippen LogP contribution in [0, 0.1) is 0 Å². The molecule has 33 heavy (non-hydrogen) atoms. The zero-order valence-electron chi connectivity index (χ0n) is 21.6. The second-order valence-corrected chi connectivity index (χ2v) is 9.09. The summed E-state index contributed by atoms with van der Waals surface area (Å²) in [5.74, 6) is -0.0913. The maximum atomic E-state index is 12.1. The molecule has 0 rings (SSSR count). The van der Waals surface area contributed by atoms with Crippen molar-refractivity contribution in [3.05, 3.63) is 36.5 Å². The van der Waals surface area contributed by atoms with E-state index in [4.69, 9.17) is 0 Å². The molecule has 2 unspecified atom stereocenters. The summed E-state index contributed by atoms with van der Waals surface area (Å²) in [5, 5.41) is 22.6. The first-order chi connectivity index (χ1) is 16.2. The summed E-state index contributed by atoms with van der Waals surface area (Å²) in [6.45, 7) is 4.18. The van der Waals surface area contributed by atoms with Crippen molar-refractivity contribution in [1.29, 1.82) is 0 Å². The van der Waals surface area contributed by atoms with E-state index in [2.05, 4.69) is 43.5 Å². The largest absolute Gasteiger partial charge is 0.394 e. The van der Waals surface area contributed by atoms with Crippen molar-refractivity contribution in [3.63, 3.8) is 0 Å². The van der Waals surface area contributed by atoms with Gasteiger partial charge in [-0.05, 0) is 51.4 Å². The number of unbranched alkanes of at least 4 members (excludes halogenated alkanes) is 12. The molecule has 0 aliphatic carbocycles. The molecule has 0 saturated carbocycles. The Kier molecular flexibility index (Phi) is 24.2. The third-order valence-electron chi connectivity index (χ3n) is 5.85. The van der Waals surface area contributed by atoms with Gasteiger partial charge >= 0.3 is 0 Å². The second kappa shape index (κ2) is 25.2. The Balaban J connectivity index is 3.81. The molecule has 0 aromatic carbocycles. The quantitative estimate of drug-likeness (QED) is 0.111. The van der Waals surface area contributed by atoms with Crippen LogP contribution in [0.5, 0.6) is 0 Å². The van der Waals surface area contributed by atoms with Gasteiger partial charge in [0.2, 0.25) is 5.91 Å². The Morgan fingerprint density at radius 3 is 1.85 bits per heavy atom. The minimum absolute atomic E-state index is 0.0913. The van der Waals surface area contributed by atoms with Gasteiger partial charge in [-0.2, -0.15) is 0 Å². The fraction of sp³-hybridized carbons (Fsp3) is 0.759. The highest BCUT2D eigenvalue weighted by molar-refractivity contribution is 5.76. The van der Waals surface area contributed by atoms with Crippen LogP contribution in [0.4, 0.5) is 0 Å². The van der Waals surface area contributed by atoms with Crippen LogP contribution in [0.25, 0.3) is 0 Å². The molecule has 0 aromatic heterocycles. The van der Waals surface area contributed by atoms with Crippen molar-refractivity contribution in [2.24, 2.45) is 0 Å². The number of nitrogens with one attached hydrogen (secondary N) is 1. The monoisotopic (exact) mass is 463 g/mol. The summed E-state index contributed by atoms with van der Waals surface area (Å²) < 4.78 is 0. The van der Waals surface area contributed by atoms with Gasteiger partial charge in [-0.3, -0.25) is 4.79 Å². The summed E-state index contributed by atoms with van der Waals surface area (Å²) >= 11 is 0. The van der Waals surface area contributed by atoms with Crippen molar-refractivity contribution in [2.75, 3.05) is 6.61 Å². The first-order valence-electron chi connectivity index (χ1n) is 13.7. The normalized spacial score (nSPS) is 13.9. The molecule has 0 radical (unpaired) electrons. The van der Waals surface area contributed by atoms with E-state index < -0.39 is 12.1 Å². The molecule has 0 aromatic rings. The first-order valence-corrected chi connectivity index (χ1v) is 13.7. The van der Waals surface area contributed by atoms with Crippen LogP contribution >= 0.6 is 0 Å². The zero-order chi connectivity index (χ0) is 24.4. The molecule has 0 heterocycles. The summed E-state index contributed by atoms with van der Waals surface area (Å²) in [7, 11) is 0. The van der Waals surface area contributed by atoms with Crippen LogP contribution in [0.2, 0.25) is 0 Å². The summed E-state index contributed by atoms with van der Waals surface area (Å²) in [6.07, 6.45) is 30.7. The Morgan fingerprint density at radius 2 is 1.21 bits per heavy atom. The predicted octanol–water partition coefficient (Wildman–Crippen LogP) is 7.16.